The van der Waals surface area contributed by atoms with Gasteiger partial charge in [-0.05, 0) is 11.8 Å². The highest BCUT2D eigenvalue weighted by atomic mass is 16.7. The van der Waals surface area contributed by atoms with Gasteiger partial charge in [-0.3, -0.25) is 0 Å². The first-order valence-corrected chi connectivity index (χ1v) is 4.36. The van der Waals surface area contributed by atoms with Gasteiger partial charge in [0.25, 0.3) is 0 Å². The molecule has 0 aromatic carbocycles. The summed E-state index contributed by atoms with van der Waals surface area (Å²) in [6.07, 6.45) is 0.602. The molecule has 1 aliphatic rings. The van der Waals surface area contributed by atoms with Crippen molar-refractivity contribution >= 4 is 0 Å². The Kier molecular flexibility index (Phi) is 2.90. The first-order chi connectivity index (χ1) is 5.13. The molecule has 1 aliphatic heterocycles. The lowest BCUT2D eigenvalue weighted by Gasteiger charge is -2.22. The highest BCUT2D eigenvalue weighted by molar-refractivity contribution is 4.79. The Labute approximate surface area is 68.9 Å². The van der Waals surface area contributed by atoms with Crippen LogP contribution in [0, 0.1) is 11.8 Å². The van der Waals surface area contributed by atoms with Gasteiger partial charge in [-0.25, -0.2) is 0 Å². The van der Waals surface area contributed by atoms with Gasteiger partial charge in [0.1, 0.15) is 6.79 Å². The van der Waals surface area contributed by atoms with Crippen LogP contribution < -0.4 is 0 Å². The molecule has 11 heavy (non-hydrogen) atoms. The van der Waals surface area contributed by atoms with E-state index in [1.165, 1.54) is 0 Å². The van der Waals surface area contributed by atoms with E-state index in [1.54, 1.807) is 0 Å². The zero-order valence-electron chi connectivity index (χ0n) is 7.83. The second-order valence-corrected chi connectivity index (χ2v) is 3.87. The minimum atomic E-state index is 0.301. The van der Waals surface area contributed by atoms with Crippen molar-refractivity contribution in [3.8, 4) is 0 Å². The summed E-state index contributed by atoms with van der Waals surface area (Å²) in [5, 5.41) is 0. The predicted octanol–water partition coefficient (Wildman–Crippen LogP) is 2.04. The Morgan fingerprint density at radius 2 is 1.27 bits per heavy atom. The van der Waals surface area contributed by atoms with Crippen LogP contribution in [0.3, 0.4) is 0 Å². The number of ether oxygens (including phenoxy) is 2. The zero-order chi connectivity index (χ0) is 8.43. The highest BCUT2D eigenvalue weighted by Crippen LogP contribution is 2.25. The average Bonchev–Trinajstić information content (AvgIpc) is 2.32. The number of hydrogen-bond donors (Lipinski definition) is 0. The molecule has 0 amide bonds. The standard InChI is InChI=1S/C9H18O2/c1-6(2)8-9(7(3)4)11-5-10-8/h6-9H,5H2,1-4H3/t8-,9+. The third-order valence-electron chi connectivity index (χ3n) is 2.16. The lowest BCUT2D eigenvalue weighted by Crippen LogP contribution is -2.31. The van der Waals surface area contributed by atoms with Crippen LogP contribution in [0.2, 0.25) is 0 Å². The van der Waals surface area contributed by atoms with Gasteiger partial charge >= 0.3 is 0 Å². The molecule has 2 atom stereocenters. The molecule has 1 heterocycles. The fourth-order valence-electron chi connectivity index (χ4n) is 1.53. The predicted molar refractivity (Wildman–Crippen MR) is 44.3 cm³/mol. The summed E-state index contributed by atoms with van der Waals surface area (Å²) in [6, 6.07) is 0. The van der Waals surface area contributed by atoms with Gasteiger partial charge in [-0.1, -0.05) is 27.7 Å². The summed E-state index contributed by atoms with van der Waals surface area (Å²) < 4.78 is 10.9. The summed E-state index contributed by atoms with van der Waals surface area (Å²) in [7, 11) is 0. The van der Waals surface area contributed by atoms with E-state index in [4.69, 9.17) is 9.47 Å². The minimum absolute atomic E-state index is 0.301. The molecule has 0 N–H and O–H groups in total. The second-order valence-electron chi connectivity index (χ2n) is 3.87. The Morgan fingerprint density at radius 1 is 0.909 bits per heavy atom. The molecule has 0 radical (unpaired) electrons. The fourth-order valence-corrected chi connectivity index (χ4v) is 1.53. The van der Waals surface area contributed by atoms with E-state index in [2.05, 4.69) is 27.7 Å². The van der Waals surface area contributed by atoms with Crippen molar-refractivity contribution in [2.24, 2.45) is 11.8 Å². The topological polar surface area (TPSA) is 18.5 Å². The summed E-state index contributed by atoms with van der Waals surface area (Å²) in [4.78, 5) is 0. The van der Waals surface area contributed by atoms with Gasteiger partial charge < -0.3 is 9.47 Å². The monoisotopic (exact) mass is 158 g/mol. The molecule has 0 aromatic heterocycles. The van der Waals surface area contributed by atoms with Gasteiger partial charge in [0.05, 0.1) is 12.2 Å². The zero-order valence-corrected chi connectivity index (χ0v) is 7.83. The van der Waals surface area contributed by atoms with Gasteiger partial charge in [-0.15, -0.1) is 0 Å². The average molecular weight is 158 g/mol. The number of rotatable bonds is 2. The molecule has 0 saturated carbocycles. The lowest BCUT2D eigenvalue weighted by atomic mass is 9.94. The van der Waals surface area contributed by atoms with E-state index < -0.39 is 0 Å². The Morgan fingerprint density at radius 3 is 1.55 bits per heavy atom. The second kappa shape index (κ2) is 3.55. The summed E-state index contributed by atoms with van der Waals surface area (Å²) in [6.45, 7) is 9.18. The van der Waals surface area contributed by atoms with E-state index in [0.717, 1.165) is 0 Å². The van der Waals surface area contributed by atoms with Crippen LogP contribution in [0.25, 0.3) is 0 Å². The van der Waals surface area contributed by atoms with Crippen molar-refractivity contribution < 1.29 is 9.47 Å². The van der Waals surface area contributed by atoms with Crippen molar-refractivity contribution in [3.63, 3.8) is 0 Å². The Hall–Kier alpha value is -0.0800. The van der Waals surface area contributed by atoms with Crippen molar-refractivity contribution in [1.29, 1.82) is 0 Å². The molecular weight excluding hydrogens is 140 g/mol. The third kappa shape index (κ3) is 1.94. The summed E-state index contributed by atoms with van der Waals surface area (Å²) >= 11 is 0. The van der Waals surface area contributed by atoms with Crippen molar-refractivity contribution in [2.45, 2.75) is 39.9 Å². The molecule has 2 heteroatoms. The van der Waals surface area contributed by atoms with E-state index >= 15 is 0 Å². The molecule has 1 saturated heterocycles. The van der Waals surface area contributed by atoms with Crippen LogP contribution in [0.1, 0.15) is 27.7 Å². The third-order valence-corrected chi connectivity index (χ3v) is 2.16. The molecule has 0 unspecified atom stereocenters. The van der Waals surface area contributed by atoms with Crippen molar-refractivity contribution in [2.75, 3.05) is 6.79 Å². The first kappa shape index (κ1) is 9.01. The Balaban J connectivity index is 2.51. The molecule has 0 spiro atoms. The minimum Gasteiger partial charge on any atom is -0.349 e. The molecular formula is C9H18O2. The lowest BCUT2D eigenvalue weighted by molar-refractivity contribution is 0.0273. The smallest absolute Gasteiger partial charge is 0.147 e. The highest BCUT2D eigenvalue weighted by Gasteiger charge is 2.33. The van der Waals surface area contributed by atoms with Gasteiger partial charge in [0.15, 0.2) is 0 Å². The van der Waals surface area contributed by atoms with E-state index in [1.807, 2.05) is 0 Å². The normalized spacial score (nSPS) is 32.2. The molecule has 2 nitrogen and oxygen atoms in total. The van der Waals surface area contributed by atoms with Crippen LogP contribution in [0.5, 0.6) is 0 Å². The fraction of sp³-hybridized carbons (Fsp3) is 1.00. The maximum atomic E-state index is 5.47. The first-order valence-electron chi connectivity index (χ1n) is 4.36. The van der Waals surface area contributed by atoms with Crippen LogP contribution >= 0.6 is 0 Å². The van der Waals surface area contributed by atoms with E-state index in [9.17, 15) is 0 Å². The van der Waals surface area contributed by atoms with Gasteiger partial charge in [0.2, 0.25) is 0 Å². The van der Waals surface area contributed by atoms with Crippen molar-refractivity contribution in [1.82, 2.24) is 0 Å². The molecule has 1 rings (SSSR count). The van der Waals surface area contributed by atoms with Crippen LogP contribution in [-0.4, -0.2) is 19.0 Å². The van der Waals surface area contributed by atoms with E-state index in [0.29, 0.717) is 30.8 Å². The van der Waals surface area contributed by atoms with Gasteiger partial charge in [-0.2, -0.15) is 0 Å². The van der Waals surface area contributed by atoms with E-state index in [-0.39, 0.29) is 0 Å². The van der Waals surface area contributed by atoms with Crippen LogP contribution in [-0.2, 0) is 9.47 Å². The molecule has 0 aromatic rings. The SMILES string of the molecule is CC(C)[C@H]1OCO[C@H]1C(C)C. The molecule has 0 bridgehead atoms. The quantitative estimate of drug-likeness (QED) is 0.612. The molecule has 1 fully saturated rings. The van der Waals surface area contributed by atoms with Crippen LogP contribution in [0.15, 0.2) is 0 Å². The number of hydrogen-bond acceptors (Lipinski definition) is 2. The van der Waals surface area contributed by atoms with Crippen molar-refractivity contribution in [3.05, 3.63) is 0 Å². The summed E-state index contributed by atoms with van der Waals surface area (Å²) in [5.41, 5.74) is 0. The maximum Gasteiger partial charge on any atom is 0.147 e. The van der Waals surface area contributed by atoms with Crippen LogP contribution in [0.4, 0.5) is 0 Å². The molecule has 66 valence electrons. The molecule has 0 aliphatic carbocycles. The largest absolute Gasteiger partial charge is 0.349 e. The Bertz CT molecular complexity index is 107. The maximum absolute atomic E-state index is 5.47. The van der Waals surface area contributed by atoms with Gasteiger partial charge in [0, 0.05) is 0 Å². The summed E-state index contributed by atoms with van der Waals surface area (Å²) in [5.74, 6) is 1.12.